The van der Waals surface area contributed by atoms with Crippen LogP contribution in [0.15, 0.2) is 48.5 Å². The molecule has 28 heavy (non-hydrogen) atoms. The van der Waals surface area contributed by atoms with Gasteiger partial charge in [-0.3, -0.25) is 14.4 Å². The minimum atomic E-state index is -0.314. The molecule has 3 rings (SSSR count). The fourth-order valence-corrected chi connectivity index (χ4v) is 3.71. The van der Waals surface area contributed by atoms with E-state index in [0.717, 1.165) is 24.3 Å². The van der Waals surface area contributed by atoms with Gasteiger partial charge in [0, 0.05) is 16.1 Å². The third-order valence-corrected chi connectivity index (χ3v) is 5.20. The zero-order valence-electron chi connectivity index (χ0n) is 15.4. The molecule has 0 saturated carbocycles. The number of benzene rings is 2. The quantitative estimate of drug-likeness (QED) is 0.638. The van der Waals surface area contributed by atoms with Crippen molar-refractivity contribution in [1.82, 2.24) is 0 Å². The minimum absolute atomic E-state index is 0.192. The van der Waals surface area contributed by atoms with Crippen LogP contribution in [-0.4, -0.2) is 37.2 Å². The van der Waals surface area contributed by atoms with Gasteiger partial charge in [-0.2, -0.15) is 0 Å². The summed E-state index contributed by atoms with van der Waals surface area (Å²) >= 11 is 6.07. The van der Waals surface area contributed by atoms with Crippen molar-refractivity contribution in [3.63, 3.8) is 0 Å². The van der Waals surface area contributed by atoms with Gasteiger partial charge in [0.15, 0.2) is 12.3 Å². The number of piperidine rings is 1. The lowest BCUT2D eigenvalue weighted by Crippen LogP contribution is -3.14. The highest BCUT2D eigenvalue weighted by atomic mass is 35.5. The largest absolute Gasteiger partial charge is 0.369 e. The number of carbonyl (C=O) groups is 3. The molecule has 2 atom stereocenters. The van der Waals surface area contributed by atoms with Gasteiger partial charge in [0.05, 0.1) is 24.7 Å². The summed E-state index contributed by atoms with van der Waals surface area (Å²) < 4.78 is 0. The summed E-state index contributed by atoms with van der Waals surface area (Å²) in [5.74, 6) is -0.935. The van der Waals surface area contributed by atoms with Crippen molar-refractivity contribution in [3.05, 3.63) is 64.7 Å². The number of ketones is 1. The van der Waals surface area contributed by atoms with Crippen LogP contribution < -0.4 is 16.0 Å². The van der Waals surface area contributed by atoms with Crippen LogP contribution in [0.4, 0.5) is 5.69 Å². The summed E-state index contributed by atoms with van der Waals surface area (Å²) in [5.41, 5.74) is 6.69. The first-order valence-corrected chi connectivity index (χ1v) is 9.64. The molecule has 6 nitrogen and oxygen atoms in total. The Hall–Kier alpha value is -2.70. The van der Waals surface area contributed by atoms with E-state index < -0.39 is 0 Å². The first-order chi connectivity index (χ1) is 13.4. The normalized spacial score (nSPS) is 19.0. The molecule has 2 amide bonds. The van der Waals surface area contributed by atoms with Gasteiger partial charge in [-0.15, -0.1) is 0 Å². The van der Waals surface area contributed by atoms with Crippen molar-refractivity contribution >= 4 is 34.9 Å². The Bertz CT molecular complexity index is 886. The second-order valence-corrected chi connectivity index (χ2v) is 7.49. The number of quaternary nitrogens is 1. The predicted molar refractivity (Wildman–Crippen MR) is 107 cm³/mol. The van der Waals surface area contributed by atoms with E-state index in [1.807, 2.05) is 6.07 Å². The summed E-state index contributed by atoms with van der Waals surface area (Å²) in [6, 6.07) is 13.7. The highest BCUT2D eigenvalue weighted by Crippen LogP contribution is 2.23. The minimum Gasteiger partial charge on any atom is -0.369 e. The molecule has 1 aliphatic rings. The molecular weight excluding hydrogens is 378 g/mol. The van der Waals surface area contributed by atoms with Crippen LogP contribution in [-0.2, 0) is 9.59 Å². The van der Waals surface area contributed by atoms with E-state index in [9.17, 15) is 14.4 Å². The zero-order chi connectivity index (χ0) is 20.1. The van der Waals surface area contributed by atoms with Crippen molar-refractivity contribution in [2.75, 3.05) is 25.0 Å². The third kappa shape index (κ3) is 4.97. The molecule has 0 spiro atoms. The molecule has 1 fully saturated rings. The number of hydrogen-bond acceptors (Lipinski definition) is 3. The monoisotopic (exact) mass is 400 g/mol. The van der Waals surface area contributed by atoms with Gasteiger partial charge in [0.1, 0.15) is 0 Å². The number of carbonyl (C=O) groups excluding carboxylic acids is 3. The Morgan fingerprint density at radius 1 is 1.14 bits per heavy atom. The van der Waals surface area contributed by atoms with E-state index in [2.05, 4.69) is 5.32 Å². The van der Waals surface area contributed by atoms with Crippen LogP contribution in [0.5, 0.6) is 0 Å². The maximum Gasteiger partial charge on any atom is 0.279 e. The second kappa shape index (κ2) is 8.99. The lowest BCUT2D eigenvalue weighted by molar-refractivity contribution is -0.899. The van der Waals surface area contributed by atoms with Crippen molar-refractivity contribution in [3.8, 4) is 0 Å². The SMILES string of the molecule is NC(=O)[C@H]1CCC[NH+](CC(=O)Nc2ccc(Cl)cc2C(=O)c2ccccc2)C1. The van der Waals surface area contributed by atoms with Crippen molar-refractivity contribution < 1.29 is 19.3 Å². The van der Waals surface area contributed by atoms with Gasteiger partial charge in [-0.05, 0) is 31.0 Å². The number of hydrogen-bond donors (Lipinski definition) is 3. The number of anilines is 1. The number of halogens is 1. The molecule has 146 valence electrons. The number of rotatable bonds is 6. The molecule has 1 saturated heterocycles. The van der Waals surface area contributed by atoms with Crippen LogP contribution in [0.25, 0.3) is 0 Å². The van der Waals surface area contributed by atoms with E-state index in [-0.39, 0.29) is 30.1 Å². The fraction of sp³-hybridized carbons (Fsp3) is 0.286. The first kappa shape index (κ1) is 20.0. The van der Waals surface area contributed by atoms with Crippen molar-refractivity contribution in [2.24, 2.45) is 11.7 Å². The average Bonchev–Trinajstić information content (AvgIpc) is 2.69. The molecule has 1 aliphatic heterocycles. The van der Waals surface area contributed by atoms with Gasteiger partial charge in [-0.1, -0.05) is 41.9 Å². The predicted octanol–water partition coefficient (Wildman–Crippen LogP) is 1.29. The molecule has 1 heterocycles. The lowest BCUT2D eigenvalue weighted by Gasteiger charge is -2.27. The number of nitrogens with two attached hydrogens (primary N) is 1. The van der Waals surface area contributed by atoms with Crippen molar-refractivity contribution in [2.45, 2.75) is 12.8 Å². The maximum atomic E-state index is 12.8. The van der Waals surface area contributed by atoms with Gasteiger partial charge in [0.25, 0.3) is 5.91 Å². The Kier molecular flexibility index (Phi) is 6.44. The molecule has 7 heteroatoms. The van der Waals surface area contributed by atoms with Gasteiger partial charge in [-0.25, -0.2) is 0 Å². The standard InChI is InChI=1S/C21H22ClN3O3/c22-16-8-9-18(17(11-16)20(27)14-5-2-1-3-6-14)24-19(26)13-25-10-4-7-15(12-25)21(23)28/h1-3,5-6,8-9,11,15H,4,7,10,12-13H2,(H2,23,28)(H,24,26)/p+1/t15-/m0/s1. The molecular formula is C21H23ClN3O3+. The molecule has 2 aromatic rings. The number of likely N-dealkylation sites (tertiary alicyclic amines) is 1. The van der Waals surface area contributed by atoms with Gasteiger partial charge in [0.2, 0.25) is 5.91 Å². The van der Waals surface area contributed by atoms with Crippen LogP contribution in [0, 0.1) is 5.92 Å². The second-order valence-electron chi connectivity index (χ2n) is 7.06. The highest BCUT2D eigenvalue weighted by molar-refractivity contribution is 6.31. The number of nitrogens with one attached hydrogen (secondary N) is 2. The fourth-order valence-electron chi connectivity index (χ4n) is 3.53. The van der Waals surface area contributed by atoms with E-state index in [1.54, 1.807) is 42.5 Å². The molecule has 0 bridgehead atoms. The average molecular weight is 401 g/mol. The van der Waals surface area contributed by atoms with Gasteiger partial charge >= 0.3 is 0 Å². The van der Waals surface area contributed by atoms with Gasteiger partial charge < -0.3 is 16.0 Å². The topological polar surface area (TPSA) is 93.7 Å². The van der Waals surface area contributed by atoms with Crippen LogP contribution in [0.1, 0.15) is 28.8 Å². The Labute approximate surface area is 168 Å². The van der Waals surface area contributed by atoms with E-state index in [4.69, 9.17) is 17.3 Å². The highest BCUT2D eigenvalue weighted by Gasteiger charge is 2.28. The van der Waals surface area contributed by atoms with E-state index >= 15 is 0 Å². The Morgan fingerprint density at radius 3 is 2.61 bits per heavy atom. The lowest BCUT2D eigenvalue weighted by atomic mass is 9.97. The van der Waals surface area contributed by atoms with Crippen LogP contribution in [0.2, 0.25) is 5.02 Å². The Balaban J connectivity index is 1.72. The maximum absolute atomic E-state index is 12.8. The number of primary amides is 1. The Morgan fingerprint density at radius 2 is 1.89 bits per heavy atom. The first-order valence-electron chi connectivity index (χ1n) is 9.26. The summed E-state index contributed by atoms with van der Waals surface area (Å²) in [5, 5.41) is 3.24. The van der Waals surface area contributed by atoms with Crippen molar-refractivity contribution in [1.29, 1.82) is 0 Å². The summed E-state index contributed by atoms with van der Waals surface area (Å²) in [7, 11) is 0. The smallest absolute Gasteiger partial charge is 0.279 e. The molecule has 4 N–H and O–H groups in total. The van der Waals surface area contributed by atoms with Crippen LogP contribution >= 0.6 is 11.6 Å². The summed E-state index contributed by atoms with van der Waals surface area (Å²) in [6.07, 6.45) is 1.63. The molecule has 0 aromatic heterocycles. The van der Waals surface area contributed by atoms with Crippen LogP contribution in [0.3, 0.4) is 0 Å². The number of amides is 2. The summed E-state index contributed by atoms with van der Waals surface area (Å²) in [6.45, 7) is 1.58. The third-order valence-electron chi connectivity index (χ3n) is 4.97. The zero-order valence-corrected chi connectivity index (χ0v) is 16.2. The molecule has 2 aromatic carbocycles. The molecule has 1 unspecified atom stereocenters. The van der Waals surface area contributed by atoms with E-state index in [0.29, 0.717) is 28.4 Å². The summed E-state index contributed by atoms with van der Waals surface area (Å²) in [4.78, 5) is 37.8. The molecule has 0 aliphatic carbocycles. The molecule has 0 radical (unpaired) electrons. The van der Waals surface area contributed by atoms with E-state index in [1.165, 1.54) is 0 Å².